The van der Waals surface area contributed by atoms with E-state index in [-0.39, 0.29) is 6.61 Å². The summed E-state index contributed by atoms with van der Waals surface area (Å²) in [6.07, 6.45) is 0.995. The average molecular weight is 276 g/mol. The van der Waals surface area contributed by atoms with Crippen LogP contribution in [0.5, 0.6) is 5.75 Å². The lowest BCUT2D eigenvalue weighted by atomic mass is 10.1. The van der Waals surface area contributed by atoms with E-state index in [0.29, 0.717) is 17.7 Å². The van der Waals surface area contributed by atoms with Crippen molar-refractivity contribution in [2.24, 2.45) is 0 Å². The summed E-state index contributed by atoms with van der Waals surface area (Å²) in [4.78, 5) is 0. The first-order valence-electron chi connectivity index (χ1n) is 6.51. The minimum absolute atomic E-state index is 0.0984. The molecule has 2 aromatic rings. The van der Waals surface area contributed by atoms with Crippen molar-refractivity contribution in [2.75, 3.05) is 0 Å². The lowest BCUT2D eigenvalue weighted by Crippen LogP contribution is -2.00. The van der Waals surface area contributed by atoms with E-state index in [0.717, 1.165) is 23.6 Å². The Morgan fingerprint density at radius 2 is 1.90 bits per heavy atom. The van der Waals surface area contributed by atoms with Crippen LogP contribution in [0.1, 0.15) is 29.2 Å². The van der Waals surface area contributed by atoms with Crippen LogP contribution in [0.25, 0.3) is 0 Å². The number of fused-ring (bicyclic) bond motifs is 1. The van der Waals surface area contributed by atoms with Crippen LogP contribution >= 0.6 is 0 Å². The van der Waals surface area contributed by atoms with Gasteiger partial charge in [0.1, 0.15) is 24.0 Å². The number of aliphatic hydroxyl groups is 1. The molecule has 0 amide bonds. The summed E-state index contributed by atoms with van der Waals surface area (Å²) in [5.74, 6) is -0.557. The minimum atomic E-state index is -0.614. The number of rotatable bonds is 3. The summed E-state index contributed by atoms with van der Waals surface area (Å²) in [6.45, 7) is 0.0984. The number of benzene rings is 2. The van der Waals surface area contributed by atoms with Crippen molar-refractivity contribution in [3.63, 3.8) is 0 Å². The van der Waals surface area contributed by atoms with Gasteiger partial charge in [-0.2, -0.15) is 0 Å². The van der Waals surface area contributed by atoms with Gasteiger partial charge in [0.2, 0.25) is 0 Å². The van der Waals surface area contributed by atoms with E-state index in [2.05, 4.69) is 0 Å². The predicted octanol–water partition coefficient (Wildman–Crippen LogP) is 3.52. The highest BCUT2D eigenvalue weighted by atomic mass is 19.1. The van der Waals surface area contributed by atoms with Crippen LogP contribution in [0.2, 0.25) is 0 Å². The highest BCUT2D eigenvalue weighted by Crippen LogP contribution is 2.36. The number of aliphatic hydroxyl groups excluding tert-OH is 1. The van der Waals surface area contributed by atoms with Crippen LogP contribution in [0.4, 0.5) is 8.78 Å². The van der Waals surface area contributed by atoms with Gasteiger partial charge in [-0.05, 0) is 42.2 Å². The van der Waals surface area contributed by atoms with Gasteiger partial charge in [-0.1, -0.05) is 12.1 Å². The molecule has 1 unspecified atom stereocenters. The zero-order valence-electron chi connectivity index (χ0n) is 10.8. The molecule has 0 aliphatic heterocycles. The lowest BCUT2D eigenvalue weighted by molar-refractivity contribution is 0.180. The normalized spacial score (nSPS) is 17.1. The molecule has 4 heteroatoms. The fraction of sp³-hybridized carbons (Fsp3) is 0.250. The molecule has 3 rings (SSSR count). The Morgan fingerprint density at radius 1 is 1.15 bits per heavy atom. The molecule has 2 aromatic carbocycles. The maximum atomic E-state index is 13.1. The van der Waals surface area contributed by atoms with E-state index < -0.39 is 17.7 Å². The smallest absolute Gasteiger partial charge is 0.126 e. The van der Waals surface area contributed by atoms with Crippen LogP contribution in [0.3, 0.4) is 0 Å². The van der Waals surface area contributed by atoms with Gasteiger partial charge in [0.15, 0.2) is 0 Å². The van der Waals surface area contributed by atoms with Crippen molar-refractivity contribution in [2.45, 2.75) is 25.6 Å². The molecular weight excluding hydrogens is 262 g/mol. The first kappa shape index (κ1) is 13.1. The highest BCUT2D eigenvalue weighted by molar-refractivity contribution is 5.44. The van der Waals surface area contributed by atoms with Gasteiger partial charge >= 0.3 is 0 Å². The zero-order valence-corrected chi connectivity index (χ0v) is 10.8. The SMILES string of the molecule is OC1CCc2c(OCc3cc(F)cc(F)c3)cccc21. The van der Waals surface area contributed by atoms with Gasteiger partial charge in [-0.3, -0.25) is 0 Å². The van der Waals surface area contributed by atoms with Crippen LogP contribution in [0, 0.1) is 11.6 Å². The predicted molar refractivity (Wildman–Crippen MR) is 70.4 cm³/mol. The van der Waals surface area contributed by atoms with Gasteiger partial charge in [0, 0.05) is 11.6 Å². The lowest BCUT2D eigenvalue weighted by Gasteiger charge is -2.11. The molecule has 0 saturated heterocycles. The van der Waals surface area contributed by atoms with Crippen molar-refractivity contribution in [3.05, 3.63) is 64.7 Å². The number of halogens is 2. The van der Waals surface area contributed by atoms with Gasteiger partial charge in [-0.15, -0.1) is 0 Å². The Balaban J connectivity index is 1.79. The average Bonchev–Trinajstić information content (AvgIpc) is 2.78. The minimum Gasteiger partial charge on any atom is -0.489 e. The molecule has 1 atom stereocenters. The molecule has 0 saturated carbocycles. The van der Waals surface area contributed by atoms with E-state index in [4.69, 9.17) is 4.74 Å². The quantitative estimate of drug-likeness (QED) is 0.929. The second-order valence-corrected chi connectivity index (χ2v) is 4.94. The van der Waals surface area contributed by atoms with E-state index in [1.165, 1.54) is 12.1 Å². The number of ether oxygens (including phenoxy) is 1. The second-order valence-electron chi connectivity index (χ2n) is 4.94. The first-order chi connectivity index (χ1) is 9.63. The molecule has 1 N–H and O–H groups in total. The van der Waals surface area contributed by atoms with Crippen molar-refractivity contribution >= 4 is 0 Å². The van der Waals surface area contributed by atoms with E-state index in [1.54, 1.807) is 0 Å². The van der Waals surface area contributed by atoms with Gasteiger partial charge < -0.3 is 9.84 Å². The van der Waals surface area contributed by atoms with Crippen LogP contribution in [0.15, 0.2) is 36.4 Å². The third kappa shape index (κ3) is 2.51. The molecule has 0 spiro atoms. The molecule has 0 heterocycles. The molecule has 0 aromatic heterocycles. The van der Waals surface area contributed by atoms with Crippen LogP contribution in [-0.2, 0) is 13.0 Å². The Hall–Kier alpha value is -1.94. The molecule has 2 nitrogen and oxygen atoms in total. The molecule has 0 radical (unpaired) electrons. The summed E-state index contributed by atoms with van der Waals surface area (Å²) in [6, 6.07) is 8.84. The monoisotopic (exact) mass is 276 g/mol. The Labute approximate surface area is 115 Å². The van der Waals surface area contributed by atoms with Crippen molar-refractivity contribution in [1.82, 2.24) is 0 Å². The van der Waals surface area contributed by atoms with Gasteiger partial charge in [0.05, 0.1) is 6.10 Å². The molecular formula is C16H14F2O2. The fourth-order valence-electron chi connectivity index (χ4n) is 2.59. The summed E-state index contributed by atoms with van der Waals surface area (Å²) in [7, 11) is 0. The standard InChI is InChI=1S/C16H14F2O2/c17-11-6-10(7-12(18)8-11)9-20-16-3-1-2-13-14(16)4-5-15(13)19/h1-3,6-8,15,19H,4-5,9H2. The maximum Gasteiger partial charge on any atom is 0.126 e. The summed E-state index contributed by atoms with van der Waals surface area (Å²) in [5, 5.41) is 9.81. The molecule has 20 heavy (non-hydrogen) atoms. The van der Waals surface area contributed by atoms with E-state index >= 15 is 0 Å². The summed E-state index contributed by atoms with van der Waals surface area (Å²) < 4.78 is 31.8. The Morgan fingerprint density at radius 3 is 2.65 bits per heavy atom. The van der Waals surface area contributed by atoms with E-state index in [9.17, 15) is 13.9 Å². The van der Waals surface area contributed by atoms with Crippen molar-refractivity contribution < 1.29 is 18.6 Å². The Kier molecular flexibility index (Phi) is 3.40. The maximum absolute atomic E-state index is 13.1. The molecule has 0 fully saturated rings. The van der Waals surface area contributed by atoms with Gasteiger partial charge in [0.25, 0.3) is 0 Å². The highest BCUT2D eigenvalue weighted by Gasteiger charge is 2.23. The first-order valence-corrected chi connectivity index (χ1v) is 6.51. The third-order valence-corrected chi connectivity index (χ3v) is 3.51. The summed E-state index contributed by atoms with van der Waals surface area (Å²) in [5.41, 5.74) is 2.31. The van der Waals surface area contributed by atoms with Crippen LogP contribution in [-0.4, -0.2) is 5.11 Å². The largest absolute Gasteiger partial charge is 0.489 e. The van der Waals surface area contributed by atoms with E-state index in [1.807, 2.05) is 18.2 Å². The fourth-order valence-corrected chi connectivity index (χ4v) is 2.59. The second kappa shape index (κ2) is 5.21. The van der Waals surface area contributed by atoms with Crippen molar-refractivity contribution in [1.29, 1.82) is 0 Å². The third-order valence-electron chi connectivity index (χ3n) is 3.51. The Bertz CT molecular complexity index is 620. The van der Waals surface area contributed by atoms with Crippen molar-refractivity contribution in [3.8, 4) is 5.75 Å². The molecule has 0 bridgehead atoms. The number of hydrogen-bond acceptors (Lipinski definition) is 2. The molecule has 104 valence electrons. The van der Waals surface area contributed by atoms with Crippen LogP contribution < -0.4 is 4.74 Å². The molecule has 1 aliphatic carbocycles. The summed E-state index contributed by atoms with van der Waals surface area (Å²) >= 11 is 0. The van der Waals surface area contributed by atoms with Gasteiger partial charge in [-0.25, -0.2) is 8.78 Å². The molecule has 1 aliphatic rings. The topological polar surface area (TPSA) is 29.5 Å². The zero-order chi connectivity index (χ0) is 14.1. The number of hydrogen-bond donors (Lipinski definition) is 1.